The van der Waals surface area contributed by atoms with Crippen molar-refractivity contribution in [2.24, 2.45) is 5.92 Å². The molecule has 1 aliphatic carbocycles. The zero-order chi connectivity index (χ0) is 21.4. The van der Waals surface area contributed by atoms with Gasteiger partial charge in [0.05, 0.1) is 12.6 Å². The number of nitrogens with one attached hydrogen (secondary N) is 1. The topological polar surface area (TPSA) is 38.3 Å². The van der Waals surface area contributed by atoms with E-state index in [0.717, 1.165) is 19.3 Å². The Labute approximate surface area is 180 Å². The maximum atomic E-state index is 13.0. The molecule has 1 aromatic rings. The van der Waals surface area contributed by atoms with Crippen LogP contribution in [0.3, 0.4) is 0 Å². The second-order valence-corrected chi connectivity index (χ2v) is 15.3. The first-order chi connectivity index (χ1) is 13.8. The SMILES string of the molecule is CC(C)[Si](OCC(Cc1ccccc1)NC(=O)C1CCCCC1)(C(C)C)C(C)C. The highest BCUT2D eigenvalue weighted by molar-refractivity contribution is 6.77. The maximum absolute atomic E-state index is 13.0. The Kier molecular flexibility index (Phi) is 9.41. The Balaban J connectivity index is 2.14. The van der Waals surface area contributed by atoms with Crippen molar-refractivity contribution in [3.8, 4) is 0 Å². The lowest BCUT2D eigenvalue weighted by Crippen LogP contribution is -2.52. The molecule has 1 atom stereocenters. The van der Waals surface area contributed by atoms with E-state index in [1.807, 2.05) is 6.07 Å². The molecule has 0 aromatic heterocycles. The van der Waals surface area contributed by atoms with Crippen LogP contribution < -0.4 is 5.32 Å². The second kappa shape index (κ2) is 11.3. The standard InChI is InChI=1S/C25H43NO2Si/c1-19(2)29(20(3)4,21(5)6)28-18-24(17-22-13-9-7-10-14-22)26-25(27)23-15-11-8-12-16-23/h7,9-10,13-14,19-21,23-24H,8,11-12,15-18H2,1-6H3,(H,26,27). The molecule has 1 N–H and O–H groups in total. The van der Waals surface area contributed by atoms with E-state index in [0.29, 0.717) is 23.2 Å². The number of hydrogen-bond donors (Lipinski definition) is 1. The third-order valence-electron chi connectivity index (χ3n) is 6.89. The molecule has 2 rings (SSSR count). The number of carbonyl (C=O) groups is 1. The average molecular weight is 418 g/mol. The van der Waals surface area contributed by atoms with Crippen molar-refractivity contribution in [3.05, 3.63) is 35.9 Å². The molecule has 4 heteroatoms. The van der Waals surface area contributed by atoms with Gasteiger partial charge in [-0.1, -0.05) is 91.1 Å². The minimum absolute atomic E-state index is 0.0370. The van der Waals surface area contributed by atoms with Crippen LogP contribution in [0.25, 0.3) is 0 Å². The molecule has 0 radical (unpaired) electrons. The van der Waals surface area contributed by atoms with E-state index in [9.17, 15) is 4.79 Å². The van der Waals surface area contributed by atoms with Gasteiger partial charge < -0.3 is 9.74 Å². The minimum Gasteiger partial charge on any atom is -0.414 e. The fraction of sp³-hybridized carbons (Fsp3) is 0.720. The van der Waals surface area contributed by atoms with E-state index >= 15 is 0 Å². The van der Waals surface area contributed by atoms with E-state index in [2.05, 4.69) is 71.1 Å². The van der Waals surface area contributed by atoms with Crippen molar-refractivity contribution >= 4 is 14.2 Å². The quantitative estimate of drug-likeness (QED) is 0.442. The Bertz CT molecular complexity index is 587. The number of rotatable bonds is 10. The Morgan fingerprint density at radius 2 is 1.52 bits per heavy atom. The van der Waals surface area contributed by atoms with Crippen molar-refractivity contribution in [2.75, 3.05) is 6.61 Å². The maximum Gasteiger partial charge on any atom is 0.223 e. The molecule has 0 heterocycles. The Morgan fingerprint density at radius 3 is 2.03 bits per heavy atom. The largest absolute Gasteiger partial charge is 0.414 e. The van der Waals surface area contributed by atoms with E-state index in [-0.39, 0.29) is 17.9 Å². The summed E-state index contributed by atoms with van der Waals surface area (Å²) >= 11 is 0. The zero-order valence-electron chi connectivity index (χ0n) is 19.5. The van der Waals surface area contributed by atoms with Crippen molar-refractivity contribution in [3.63, 3.8) is 0 Å². The molecule has 1 fully saturated rings. The summed E-state index contributed by atoms with van der Waals surface area (Å²) in [4.78, 5) is 13.0. The van der Waals surface area contributed by atoms with Crippen LogP contribution in [0.15, 0.2) is 30.3 Å². The molecular formula is C25H43NO2Si. The molecule has 1 unspecified atom stereocenters. The summed E-state index contributed by atoms with van der Waals surface area (Å²) < 4.78 is 6.86. The van der Waals surface area contributed by atoms with Gasteiger partial charge in [-0.2, -0.15) is 0 Å². The number of carbonyl (C=O) groups excluding carboxylic acids is 1. The molecule has 1 saturated carbocycles. The minimum atomic E-state index is -1.95. The molecule has 3 nitrogen and oxygen atoms in total. The summed E-state index contributed by atoms with van der Waals surface area (Å²) in [5.41, 5.74) is 2.91. The highest BCUT2D eigenvalue weighted by Gasteiger charge is 2.45. The predicted octanol–water partition coefficient (Wildman–Crippen LogP) is 6.49. The van der Waals surface area contributed by atoms with Crippen LogP contribution in [0, 0.1) is 5.92 Å². The van der Waals surface area contributed by atoms with E-state index in [1.54, 1.807) is 0 Å². The molecule has 0 aliphatic heterocycles. The number of benzene rings is 1. The van der Waals surface area contributed by atoms with E-state index in [4.69, 9.17) is 4.43 Å². The lowest BCUT2D eigenvalue weighted by molar-refractivity contribution is -0.126. The summed E-state index contributed by atoms with van der Waals surface area (Å²) in [7, 11) is -1.95. The van der Waals surface area contributed by atoms with E-state index in [1.165, 1.54) is 24.8 Å². The monoisotopic (exact) mass is 417 g/mol. The van der Waals surface area contributed by atoms with Gasteiger partial charge >= 0.3 is 0 Å². The van der Waals surface area contributed by atoms with Crippen molar-refractivity contribution in [1.82, 2.24) is 5.32 Å². The van der Waals surface area contributed by atoms with Crippen LogP contribution in [-0.4, -0.2) is 26.9 Å². The lowest BCUT2D eigenvalue weighted by atomic mass is 9.88. The molecule has 29 heavy (non-hydrogen) atoms. The molecule has 0 spiro atoms. The molecule has 164 valence electrons. The summed E-state index contributed by atoms with van der Waals surface area (Å²) in [6.07, 6.45) is 6.54. The molecule has 1 amide bonds. The third-order valence-corrected chi connectivity index (χ3v) is 13.0. The molecule has 0 bridgehead atoms. The van der Waals surface area contributed by atoms with Gasteiger partial charge in [-0.05, 0) is 41.4 Å². The van der Waals surface area contributed by atoms with Gasteiger partial charge in [0.15, 0.2) is 8.32 Å². The number of hydrogen-bond acceptors (Lipinski definition) is 2. The Morgan fingerprint density at radius 1 is 0.966 bits per heavy atom. The van der Waals surface area contributed by atoms with Crippen molar-refractivity contribution < 1.29 is 9.22 Å². The summed E-state index contributed by atoms with van der Waals surface area (Å²) in [6, 6.07) is 10.5. The fourth-order valence-corrected chi connectivity index (χ4v) is 11.0. The van der Waals surface area contributed by atoms with Crippen LogP contribution in [0.1, 0.15) is 79.2 Å². The normalized spacial score (nSPS) is 17.1. The third kappa shape index (κ3) is 6.42. The van der Waals surface area contributed by atoms with E-state index < -0.39 is 8.32 Å². The molecule has 1 aromatic carbocycles. The lowest BCUT2D eigenvalue weighted by Gasteiger charge is -2.43. The molecular weight excluding hydrogens is 374 g/mol. The first-order valence-electron chi connectivity index (χ1n) is 11.8. The molecule has 1 aliphatic rings. The van der Waals surface area contributed by atoms with Gasteiger partial charge in [-0.3, -0.25) is 4.79 Å². The van der Waals surface area contributed by atoms with Crippen LogP contribution >= 0.6 is 0 Å². The summed E-state index contributed by atoms with van der Waals surface area (Å²) in [5.74, 6) is 0.421. The van der Waals surface area contributed by atoms with Gasteiger partial charge in [-0.15, -0.1) is 0 Å². The van der Waals surface area contributed by atoms with Crippen LogP contribution in [0.2, 0.25) is 16.6 Å². The van der Waals surface area contributed by atoms with Crippen LogP contribution in [-0.2, 0) is 15.6 Å². The van der Waals surface area contributed by atoms with Gasteiger partial charge in [0.1, 0.15) is 0 Å². The van der Waals surface area contributed by atoms with Crippen LogP contribution in [0.4, 0.5) is 0 Å². The Hall–Kier alpha value is -1.13. The fourth-order valence-electron chi connectivity index (χ4n) is 5.48. The van der Waals surface area contributed by atoms with Crippen molar-refractivity contribution in [2.45, 2.75) is 103 Å². The first-order valence-corrected chi connectivity index (χ1v) is 13.9. The highest BCUT2D eigenvalue weighted by atomic mass is 28.4. The second-order valence-electron chi connectivity index (χ2n) is 9.86. The van der Waals surface area contributed by atoms with Crippen LogP contribution in [0.5, 0.6) is 0 Å². The first kappa shape index (κ1) is 24.1. The van der Waals surface area contributed by atoms with Gasteiger partial charge in [0, 0.05) is 5.92 Å². The zero-order valence-corrected chi connectivity index (χ0v) is 20.5. The predicted molar refractivity (Wildman–Crippen MR) is 126 cm³/mol. The van der Waals surface area contributed by atoms with Crippen molar-refractivity contribution in [1.29, 1.82) is 0 Å². The highest BCUT2D eigenvalue weighted by Crippen LogP contribution is 2.42. The molecule has 0 saturated heterocycles. The smallest absolute Gasteiger partial charge is 0.223 e. The summed E-state index contributed by atoms with van der Waals surface area (Å²) in [5, 5.41) is 3.38. The van der Waals surface area contributed by atoms with Gasteiger partial charge in [0.2, 0.25) is 5.91 Å². The summed E-state index contributed by atoms with van der Waals surface area (Å²) in [6.45, 7) is 14.5. The van der Waals surface area contributed by atoms with Gasteiger partial charge in [0.25, 0.3) is 0 Å². The van der Waals surface area contributed by atoms with Gasteiger partial charge in [-0.25, -0.2) is 0 Å². The number of amides is 1. The average Bonchev–Trinajstić information content (AvgIpc) is 2.69.